The number of hydrogen-bond donors (Lipinski definition) is 1. The van der Waals surface area contributed by atoms with Crippen molar-refractivity contribution >= 4 is 34.4 Å². The molecule has 1 aromatic heterocycles. The molecule has 0 radical (unpaired) electrons. The number of nitrogens with one attached hydrogen (secondary N) is 1. The number of thiophene rings is 1. The molecule has 28 heavy (non-hydrogen) atoms. The van der Waals surface area contributed by atoms with Gasteiger partial charge >= 0.3 is 0 Å². The average Bonchev–Trinajstić information content (AvgIpc) is 3.22. The Labute approximate surface area is 169 Å². The molecule has 142 valence electrons. The molecule has 4 rings (SSSR count). The number of benzene rings is 2. The van der Waals surface area contributed by atoms with E-state index in [-0.39, 0.29) is 12.1 Å². The number of fused-ring (bicyclic) bond motifs is 1. The first-order valence-electron chi connectivity index (χ1n) is 9.36. The van der Waals surface area contributed by atoms with E-state index in [0.29, 0.717) is 12.2 Å². The van der Waals surface area contributed by atoms with Crippen LogP contribution in [-0.2, 0) is 4.74 Å². The van der Waals surface area contributed by atoms with Crippen molar-refractivity contribution in [2.45, 2.75) is 20.0 Å². The summed E-state index contributed by atoms with van der Waals surface area (Å²) in [5.41, 5.74) is 2.41. The maximum Gasteiger partial charge on any atom is 0.262 e. The molecule has 1 N–H and O–H groups in total. The highest BCUT2D eigenvalue weighted by Gasteiger charge is 2.34. The highest BCUT2D eigenvalue weighted by molar-refractivity contribution is 7.13. The molecule has 0 bridgehead atoms. The van der Waals surface area contributed by atoms with Crippen molar-refractivity contribution in [2.75, 3.05) is 16.8 Å². The first-order chi connectivity index (χ1) is 13.7. The number of carbonyl (C=O) groups excluding carboxylic acids is 1. The van der Waals surface area contributed by atoms with E-state index in [2.05, 4.69) is 17.4 Å². The minimum absolute atomic E-state index is 0.00318. The van der Waals surface area contributed by atoms with E-state index in [1.807, 2.05) is 79.4 Å². The maximum atomic E-state index is 13.4. The topological polar surface area (TPSA) is 41.6 Å². The van der Waals surface area contributed by atoms with Gasteiger partial charge in [-0.15, -0.1) is 11.3 Å². The first-order valence-corrected chi connectivity index (χ1v) is 10.2. The van der Waals surface area contributed by atoms with Crippen molar-refractivity contribution in [3.05, 3.63) is 88.1 Å². The SMILES string of the molecule is CC=C(OCC)c1ccc(C2Nc3ccccc3C(=O)N2c2ccccc2)s1. The second-order valence-electron chi connectivity index (χ2n) is 6.39. The molecule has 0 fully saturated rings. The summed E-state index contributed by atoms with van der Waals surface area (Å²) >= 11 is 1.64. The second kappa shape index (κ2) is 7.90. The largest absolute Gasteiger partial charge is 0.493 e. The second-order valence-corrected chi connectivity index (χ2v) is 7.51. The van der Waals surface area contributed by atoms with Gasteiger partial charge in [0.05, 0.1) is 17.0 Å². The molecule has 2 heterocycles. The van der Waals surface area contributed by atoms with Crippen molar-refractivity contribution in [2.24, 2.45) is 0 Å². The van der Waals surface area contributed by atoms with Crippen molar-refractivity contribution in [3.63, 3.8) is 0 Å². The Morgan fingerprint density at radius 1 is 1.11 bits per heavy atom. The summed E-state index contributed by atoms with van der Waals surface area (Å²) in [5.74, 6) is 0.865. The number of rotatable bonds is 5. The number of anilines is 2. The standard InChI is InChI=1S/C23H22N2O2S/c1-3-19(27-4-2)20-14-15-21(28-20)22-24-18-13-9-8-12-17(18)23(26)25(22)16-10-6-5-7-11-16/h3,5-15,22,24H,4H2,1-2H3. The van der Waals surface area contributed by atoms with Crippen LogP contribution in [0.4, 0.5) is 11.4 Å². The molecule has 3 aromatic rings. The minimum Gasteiger partial charge on any atom is -0.493 e. The van der Waals surface area contributed by atoms with Crippen molar-refractivity contribution in [1.29, 1.82) is 0 Å². The van der Waals surface area contributed by atoms with Crippen molar-refractivity contribution in [3.8, 4) is 0 Å². The van der Waals surface area contributed by atoms with Gasteiger partial charge in [0.15, 0.2) is 0 Å². The molecule has 1 aliphatic rings. The lowest BCUT2D eigenvalue weighted by molar-refractivity contribution is 0.0975. The molecule has 2 aromatic carbocycles. The van der Waals surface area contributed by atoms with E-state index in [1.54, 1.807) is 11.3 Å². The van der Waals surface area contributed by atoms with Gasteiger partial charge in [-0.3, -0.25) is 9.69 Å². The first kappa shape index (κ1) is 18.3. The van der Waals surface area contributed by atoms with Crippen molar-refractivity contribution < 1.29 is 9.53 Å². The number of hydrogen-bond acceptors (Lipinski definition) is 4. The molecular formula is C23H22N2O2S. The van der Waals surface area contributed by atoms with Crippen LogP contribution in [0.15, 0.2) is 72.8 Å². The van der Waals surface area contributed by atoms with Crippen LogP contribution in [0.25, 0.3) is 5.76 Å². The molecule has 1 aliphatic heterocycles. The Hall–Kier alpha value is -3.05. The molecule has 1 atom stereocenters. The Morgan fingerprint density at radius 2 is 1.86 bits per heavy atom. The van der Waals surface area contributed by atoms with Gasteiger partial charge in [-0.2, -0.15) is 0 Å². The summed E-state index contributed by atoms with van der Waals surface area (Å²) in [4.78, 5) is 17.3. The highest BCUT2D eigenvalue weighted by atomic mass is 32.1. The molecule has 5 heteroatoms. The Bertz CT molecular complexity index is 1010. The normalized spacial score (nSPS) is 16.5. The molecule has 1 amide bonds. The lowest BCUT2D eigenvalue weighted by Gasteiger charge is -2.37. The minimum atomic E-state index is -0.275. The number of nitrogens with zero attached hydrogens (tertiary/aromatic N) is 1. The third-order valence-corrected chi connectivity index (χ3v) is 5.81. The van der Waals surface area contributed by atoms with Crippen LogP contribution in [-0.4, -0.2) is 12.5 Å². The van der Waals surface area contributed by atoms with E-state index in [1.165, 1.54) is 0 Å². The van der Waals surface area contributed by atoms with Crippen LogP contribution >= 0.6 is 11.3 Å². The Balaban J connectivity index is 1.78. The number of ether oxygens (including phenoxy) is 1. The molecule has 0 spiro atoms. The zero-order valence-electron chi connectivity index (χ0n) is 15.9. The van der Waals surface area contributed by atoms with E-state index in [9.17, 15) is 4.79 Å². The van der Waals surface area contributed by atoms with Crippen LogP contribution in [0.3, 0.4) is 0 Å². The van der Waals surface area contributed by atoms with Crippen molar-refractivity contribution in [1.82, 2.24) is 0 Å². The number of amides is 1. The highest BCUT2D eigenvalue weighted by Crippen LogP contribution is 2.39. The number of para-hydroxylation sites is 2. The Morgan fingerprint density at radius 3 is 2.61 bits per heavy atom. The summed E-state index contributed by atoms with van der Waals surface area (Å²) in [5, 5.41) is 3.55. The molecular weight excluding hydrogens is 368 g/mol. The van der Waals surface area contributed by atoms with Gasteiger partial charge < -0.3 is 10.1 Å². The van der Waals surface area contributed by atoms with Crippen LogP contribution in [0.5, 0.6) is 0 Å². The molecule has 0 saturated heterocycles. The monoisotopic (exact) mass is 390 g/mol. The van der Waals surface area contributed by atoms with Gasteiger partial charge in [0.25, 0.3) is 5.91 Å². The lowest BCUT2D eigenvalue weighted by atomic mass is 10.1. The fourth-order valence-corrected chi connectivity index (χ4v) is 4.47. The van der Waals surface area contributed by atoms with E-state index in [4.69, 9.17) is 4.74 Å². The number of allylic oxidation sites excluding steroid dienone is 1. The van der Waals surface area contributed by atoms with Crippen LogP contribution in [0.1, 0.15) is 40.1 Å². The van der Waals surface area contributed by atoms with Gasteiger partial charge in [0, 0.05) is 16.3 Å². The van der Waals surface area contributed by atoms with Gasteiger partial charge in [-0.25, -0.2) is 0 Å². The van der Waals surface area contributed by atoms with E-state index < -0.39 is 0 Å². The van der Waals surface area contributed by atoms with E-state index in [0.717, 1.165) is 26.9 Å². The molecule has 0 saturated carbocycles. The smallest absolute Gasteiger partial charge is 0.262 e. The fraction of sp³-hybridized carbons (Fsp3) is 0.174. The summed E-state index contributed by atoms with van der Waals surface area (Å²) in [6.07, 6.45) is 1.70. The average molecular weight is 391 g/mol. The fourth-order valence-electron chi connectivity index (χ4n) is 3.39. The summed E-state index contributed by atoms with van der Waals surface area (Å²) in [6.45, 7) is 4.57. The van der Waals surface area contributed by atoms with Gasteiger partial charge in [0.2, 0.25) is 0 Å². The quantitative estimate of drug-likeness (QED) is 0.550. The summed E-state index contributed by atoms with van der Waals surface area (Å²) < 4.78 is 5.74. The van der Waals surface area contributed by atoms with Gasteiger partial charge in [0.1, 0.15) is 11.9 Å². The maximum absolute atomic E-state index is 13.4. The van der Waals surface area contributed by atoms with Crippen LogP contribution in [0, 0.1) is 0 Å². The zero-order valence-corrected chi connectivity index (χ0v) is 16.7. The van der Waals surface area contributed by atoms with Crippen LogP contribution in [0.2, 0.25) is 0 Å². The Kier molecular flexibility index (Phi) is 5.17. The third-order valence-electron chi connectivity index (χ3n) is 4.66. The molecule has 1 unspecified atom stereocenters. The van der Waals surface area contributed by atoms with Crippen LogP contribution < -0.4 is 10.2 Å². The molecule has 0 aliphatic carbocycles. The summed E-state index contributed by atoms with van der Waals surface area (Å²) in [7, 11) is 0. The summed E-state index contributed by atoms with van der Waals surface area (Å²) in [6, 6.07) is 21.6. The van der Waals surface area contributed by atoms with Gasteiger partial charge in [-0.1, -0.05) is 30.3 Å². The lowest BCUT2D eigenvalue weighted by Crippen LogP contribution is -2.42. The third kappa shape index (κ3) is 3.29. The zero-order chi connectivity index (χ0) is 19.5. The number of carbonyl (C=O) groups is 1. The van der Waals surface area contributed by atoms with E-state index >= 15 is 0 Å². The predicted octanol–water partition coefficient (Wildman–Crippen LogP) is 5.92. The molecule has 4 nitrogen and oxygen atoms in total. The van der Waals surface area contributed by atoms with Gasteiger partial charge in [-0.05, 0) is 56.3 Å². The predicted molar refractivity (Wildman–Crippen MR) is 116 cm³/mol.